The lowest BCUT2D eigenvalue weighted by Crippen LogP contribution is -2.42. The van der Waals surface area contributed by atoms with Gasteiger partial charge in [0.25, 0.3) is 0 Å². The summed E-state index contributed by atoms with van der Waals surface area (Å²) < 4.78 is 14.9. The molecule has 0 aromatic heterocycles. The third-order valence-corrected chi connectivity index (χ3v) is 3.86. The number of carbonyl (C=O) groups is 3. The van der Waals surface area contributed by atoms with E-state index in [-0.39, 0.29) is 26.1 Å². The molecular weight excluding hydrogens is 360 g/mol. The Hall–Kier alpha value is -3.07. The summed E-state index contributed by atoms with van der Waals surface area (Å²) in [5.74, 6) is 4.00. The second-order valence-electron chi connectivity index (χ2n) is 6.20. The highest BCUT2D eigenvalue weighted by atomic mass is 16.6. The van der Waals surface area contributed by atoms with Gasteiger partial charge in [-0.25, -0.2) is 4.79 Å². The van der Waals surface area contributed by atoms with Crippen LogP contribution in [0.1, 0.15) is 49.5 Å². The number of benzene rings is 1. The molecule has 0 heterocycles. The molecule has 0 fully saturated rings. The summed E-state index contributed by atoms with van der Waals surface area (Å²) in [6.45, 7) is 9.16. The van der Waals surface area contributed by atoms with Crippen molar-refractivity contribution >= 4 is 17.9 Å². The van der Waals surface area contributed by atoms with Crippen LogP contribution in [0.4, 0.5) is 0 Å². The summed E-state index contributed by atoms with van der Waals surface area (Å²) in [6, 6.07) is 6.50. The summed E-state index contributed by atoms with van der Waals surface area (Å²) in [6.07, 6.45) is 0.0108. The van der Waals surface area contributed by atoms with Crippen LogP contribution in [0, 0.1) is 17.3 Å². The molecule has 0 saturated carbocycles. The monoisotopic (exact) mass is 386 g/mol. The Bertz CT molecular complexity index is 761. The van der Waals surface area contributed by atoms with Gasteiger partial charge in [-0.2, -0.15) is 0 Å². The summed E-state index contributed by atoms with van der Waals surface area (Å²) in [7, 11) is 1.31. The Morgan fingerprint density at radius 2 is 1.57 bits per heavy atom. The first-order valence-corrected chi connectivity index (χ1v) is 8.96. The van der Waals surface area contributed by atoms with E-state index >= 15 is 0 Å². The van der Waals surface area contributed by atoms with E-state index in [1.807, 2.05) is 0 Å². The van der Waals surface area contributed by atoms with Gasteiger partial charge in [-0.3, -0.25) is 9.59 Å². The normalized spacial score (nSPS) is 10.3. The van der Waals surface area contributed by atoms with Crippen LogP contribution >= 0.6 is 0 Å². The van der Waals surface area contributed by atoms with Crippen LogP contribution in [0.15, 0.2) is 36.4 Å². The molecule has 150 valence electrons. The SMILES string of the molecule is C=C(C)CC(CC#Cc1ccc(C(=O)OC)cc1)(C(=O)OCC)C(=O)OCC. The summed E-state index contributed by atoms with van der Waals surface area (Å²) in [4.78, 5) is 36.7. The molecular formula is C22H26O6. The predicted molar refractivity (Wildman–Crippen MR) is 104 cm³/mol. The van der Waals surface area contributed by atoms with Gasteiger partial charge in [-0.15, -0.1) is 6.58 Å². The zero-order valence-electron chi connectivity index (χ0n) is 16.8. The Labute approximate surface area is 165 Å². The van der Waals surface area contributed by atoms with Crippen molar-refractivity contribution in [2.45, 2.75) is 33.6 Å². The minimum atomic E-state index is -1.56. The number of esters is 3. The van der Waals surface area contributed by atoms with Crippen LogP contribution < -0.4 is 0 Å². The molecule has 0 bridgehead atoms. The summed E-state index contributed by atoms with van der Waals surface area (Å²) in [5, 5.41) is 0. The highest BCUT2D eigenvalue weighted by Gasteiger charge is 2.48. The molecule has 0 atom stereocenters. The second kappa shape index (κ2) is 10.9. The molecule has 1 aromatic rings. The van der Waals surface area contributed by atoms with Crippen molar-refractivity contribution in [2.24, 2.45) is 5.41 Å². The van der Waals surface area contributed by atoms with E-state index in [0.29, 0.717) is 16.7 Å². The van der Waals surface area contributed by atoms with Gasteiger partial charge in [0.05, 0.1) is 25.9 Å². The number of methoxy groups -OCH3 is 1. The Balaban J connectivity index is 3.17. The van der Waals surface area contributed by atoms with Crippen molar-refractivity contribution in [2.75, 3.05) is 20.3 Å². The standard InChI is InChI=1S/C22H26O6/c1-6-27-20(24)22(15-16(3)4,21(25)28-7-2)14-8-9-17-10-12-18(13-11-17)19(23)26-5/h10-13H,3,6-7,14-15H2,1-2,4-5H3. The maximum atomic E-state index is 12.6. The van der Waals surface area contributed by atoms with E-state index in [1.54, 1.807) is 45.0 Å². The van der Waals surface area contributed by atoms with E-state index in [1.165, 1.54) is 7.11 Å². The molecule has 0 unspecified atom stereocenters. The molecule has 28 heavy (non-hydrogen) atoms. The molecule has 0 aliphatic heterocycles. The average molecular weight is 386 g/mol. The summed E-state index contributed by atoms with van der Waals surface area (Å²) >= 11 is 0. The Kier molecular flexibility index (Phi) is 8.97. The highest BCUT2D eigenvalue weighted by Crippen LogP contribution is 2.33. The van der Waals surface area contributed by atoms with Crippen LogP contribution in [0.5, 0.6) is 0 Å². The Morgan fingerprint density at radius 3 is 2.00 bits per heavy atom. The highest BCUT2D eigenvalue weighted by molar-refractivity contribution is 6.00. The molecule has 1 rings (SSSR count). The van der Waals surface area contributed by atoms with Crippen molar-refractivity contribution < 1.29 is 28.6 Å². The predicted octanol–water partition coefficient (Wildman–Crippen LogP) is 3.29. The number of rotatable bonds is 8. The zero-order valence-corrected chi connectivity index (χ0v) is 16.8. The van der Waals surface area contributed by atoms with E-state index in [9.17, 15) is 14.4 Å². The first kappa shape index (κ1) is 23.0. The van der Waals surface area contributed by atoms with Crippen molar-refractivity contribution in [1.29, 1.82) is 0 Å². The van der Waals surface area contributed by atoms with Gasteiger partial charge >= 0.3 is 17.9 Å². The Morgan fingerprint density at radius 1 is 1.04 bits per heavy atom. The van der Waals surface area contributed by atoms with Crippen molar-refractivity contribution in [3.63, 3.8) is 0 Å². The number of hydrogen-bond acceptors (Lipinski definition) is 6. The molecule has 0 aliphatic carbocycles. The second-order valence-corrected chi connectivity index (χ2v) is 6.20. The molecule has 0 saturated heterocycles. The molecule has 0 radical (unpaired) electrons. The van der Waals surface area contributed by atoms with Crippen LogP contribution in [0.2, 0.25) is 0 Å². The van der Waals surface area contributed by atoms with Crippen molar-refractivity contribution in [3.05, 3.63) is 47.5 Å². The van der Waals surface area contributed by atoms with Crippen LogP contribution in [0.25, 0.3) is 0 Å². The fraction of sp³-hybridized carbons (Fsp3) is 0.409. The smallest absolute Gasteiger partial charge is 0.337 e. The first-order valence-electron chi connectivity index (χ1n) is 8.96. The van der Waals surface area contributed by atoms with Gasteiger partial charge < -0.3 is 14.2 Å². The molecule has 0 amide bonds. The fourth-order valence-electron chi connectivity index (χ4n) is 2.59. The lowest BCUT2D eigenvalue weighted by molar-refractivity contribution is -0.171. The van der Waals surface area contributed by atoms with Gasteiger partial charge in [0, 0.05) is 12.0 Å². The van der Waals surface area contributed by atoms with Gasteiger partial charge in [-0.05, 0) is 51.5 Å². The van der Waals surface area contributed by atoms with E-state index in [4.69, 9.17) is 9.47 Å². The van der Waals surface area contributed by atoms with E-state index < -0.39 is 23.3 Å². The topological polar surface area (TPSA) is 78.9 Å². The fourth-order valence-corrected chi connectivity index (χ4v) is 2.59. The zero-order chi connectivity index (χ0) is 21.2. The number of ether oxygens (including phenoxy) is 3. The molecule has 6 heteroatoms. The number of allylic oxidation sites excluding steroid dienone is 1. The van der Waals surface area contributed by atoms with E-state index in [2.05, 4.69) is 23.2 Å². The molecule has 0 aliphatic rings. The van der Waals surface area contributed by atoms with Crippen molar-refractivity contribution in [3.8, 4) is 11.8 Å². The van der Waals surface area contributed by atoms with Gasteiger partial charge in [0.2, 0.25) is 0 Å². The molecule has 1 aromatic carbocycles. The lowest BCUT2D eigenvalue weighted by atomic mass is 9.79. The maximum Gasteiger partial charge on any atom is 0.337 e. The largest absolute Gasteiger partial charge is 0.465 e. The molecule has 0 N–H and O–H groups in total. The average Bonchev–Trinajstić information content (AvgIpc) is 2.67. The van der Waals surface area contributed by atoms with E-state index in [0.717, 1.165) is 0 Å². The van der Waals surface area contributed by atoms with Crippen molar-refractivity contribution in [1.82, 2.24) is 0 Å². The van der Waals surface area contributed by atoms with Crippen LogP contribution in [-0.2, 0) is 23.8 Å². The maximum absolute atomic E-state index is 12.6. The molecule has 0 spiro atoms. The van der Waals surface area contributed by atoms with Gasteiger partial charge in [-0.1, -0.05) is 17.4 Å². The van der Waals surface area contributed by atoms with Crippen LogP contribution in [0.3, 0.4) is 0 Å². The third-order valence-electron chi connectivity index (χ3n) is 3.86. The lowest BCUT2D eigenvalue weighted by Gasteiger charge is -2.27. The van der Waals surface area contributed by atoms with Gasteiger partial charge in [0.1, 0.15) is 0 Å². The minimum absolute atomic E-state index is 0.0731. The van der Waals surface area contributed by atoms with Crippen LogP contribution in [-0.4, -0.2) is 38.2 Å². The molecule has 6 nitrogen and oxygen atoms in total. The minimum Gasteiger partial charge on any atom is -0.465 e. The first-order chi connectivity index (χ1) is 13.3. The summed E-state index contributed by atoms with van der Waals surface area (Å²) in [5.41, 5.74) is 0.120. The van der Waals surface area contributed by atoms with Gasteiger partial charge in [0.15, 0.2) is 5.41 Å². The number of hydrogen-bond donors (Lipinski definition) is 0. The third kappa shape index (κ3) is 5.98. The quantitative estimate of drug-likeness (QED) is 0.224. The number of carbonyl (C=O) groups excluding carboxylic acids is 3.